The lowest BCUT2D eigenvalue weighted by molar-refractivity contribution is -0.123. The number of sulfonamides is 1. The molecule has 7 heteroatoms. The van der Waals surface area contributed by atoms with E-state index in [0.29, 0.717) is 18.5 Å². The Hall–Kier alpha value is -2.54. The fourth-order valence-electron chi connectivity index (χ4n) is 4.12. The van der Waals surface area contributed by atoms with E-state index in [0.717, 1.165) is 28.7 Å². The molecular weight excluding hydrogens is 412 g/mol. The van der Waals surface area contributed by atoms with E-state index in [1.165, 1.54) is 4.31 Å². The van der Waals surface area contributed by atoms with Crippen molar-refractivity contribution in [3.05, 3.63) is 59.2 Å². The largest absolute Gasteiger partial charge is 0.487 e. The van der Waals surface area contributed by atoms with Crippen LogP contribution in [-0.4, -0.2) is 32.2 Å². The Morgan fingerprint density at radius 1 is 1.19 bits per heavy atom. The first-order valence-corrected chi connectivity index (χ1v) is 12.4. The van der Waals surface area contributed by atoms with E-state index >= 15 is 0 Å². The van der Waals surface area contributed by atoms with Gasteiger partial charge in [-0.25, -0.2) is 8.42 Å². The highest BCUT2D eigenvalue weighted by Gasteiger charge is 2.37. The van der Waals surface area contributed by atoms with Gasteiger partial charge in [-0.3, -0.25) is 9.10 Å². The number of hydrogen-bond acceptors (Lipinski definition) is 4. The van der Waals surface area contributed by atoms with Gasteiger partial charge in [0.05, 0.1) is 18.0 Å². The van der Waals surface area contributed by atoms with Gasteiger partial charge in [0.2, 0.25) is 15.9 Å². The van der Waals surface area contributed by atoms with E-state index in [1.807, 2.05) is 71.0 Å². The Kier molecular flexibility index (Phi) is 6.37. The molecule has 0 bridgehead atoms. The maximum absolute atomic E-state index is 13.4. The van der Waals surface area contributed by atoms with Crippen LogP contribution in [0, 0.1) is 13.8 Å². The molecule has 6 nitrogen and oxygen atoms in total. The predicted molar refractivity (Wildman–Crippen MR) is 124 cm³/mol. The van der Waals surface area contributed by atoms with Crippen LogP contribution in [0.25, 0.3) is 0 Å². The average Bonchev–Trinajstić information content (AvgIpc) is 2.66. The molecule has 1 aliphatic rings. The van der Waals surface area contributed by atoms with Crippen LogP contribution < -0.4 is 14.4 Å². The second-order valence-electron chi connectivity index (χ2n) is 8.92. The van der Waals surface area contributed by atoms with Crippen LogP contribution in [0.3, 0.4) is 0 Å². The minimum atomic E-state index is -3.68. The number of para-hydroxylation sites is 1. The molecule has 0 radical (unpaired) electrons. The summed E-state index contributed by atoms with van der Waals surface area (Å²) in [6.45, 7) is 9.69. The van der Waals surface area contributed by atoms with Crippen molar-refractivity contribution in [2.75, 3.05) is 10.6 Å². The summed E-state index contributed by atoms with van der Waals surface area (Å²) in [5.74, 6) is 0.426. The topological polar surface area (TPSA) is 75.7 Å². The van der Waals surface area contributed by atoms with E-state index in [4.69, 9.17) is 4.74 Å². The van der Waals surface area contributed by atoms with Crippen molar-refractivity contribution < 1.29 is 17.9 Å². The summed E-state index contributed by atoms with van der Waals surface area (Å²) in [7, 11) is -3.68. The minimum Gasteiger partial charge on any atom is -0.487 e. The van der Waals surface area contributed by atoms with Gasteiger partial charge in [0, 0.05) is 12.0 Å². The number of nitrogens with zero attached hydrogens (tertiary/aromatic N) is 1. The Morgan fingerprint density at radius 2 is 1.87 bits per heavy atom. The minimum absolute atomic E-state index is 0.261. The molecule has 3 rings (SSSR count). The van der Waals surface area contributed by atoms with Gasteiger partial charge in [0.25, 0.3) is 0 Å². The van der Waals surface area contributed by atoms with Crippen molar-refractivity contribution in [3.8, 4) is 5.75 Å². The SMILES string of the molecule is CC[C@H](C(=O)N[C@@H]1CC(C)(C)Oc2ccccc21)N(c1ccc(C)c(C)c1)S(C)(=O)=O. The number of aryl methyl sites for hydroxylation is 2. The summed E-state index contributed by atoms with van der Waals surface area (Å²) < 4.78 is 32.8. The fourth-order valence-corrected chi connectivity index (χ4v) is 5.33. The lowest BCUT2D eigenvalue weighted by atomic mass is 9.89. The highest BCUT2D eigenvalue weighted by Crippen LogP contribution is 2.39. The second kappa shape index (κ2) is 8.54. The lowest BCUT2D eigenvalue weighted by Crippen LogP contribution is -2.51. The Bertz CT molecular complexity index is 1080. The Labute approximate surface area is 185 Å². The average molecular weight is 445 g/mol. The first-order valence-electron chi connectivity index (χ1n) is 10.6. The molecule has 0 saturated carbocycles. The maximum atomic E-state index is 13.4. The molecule has 0 saturated heterocycles. The van der Waals surface area contributed by atoms with Crippen molar-refractivity contribution in [2.24, 2.45) is 0 Å². The molecule has 2 atom stereocenters. The number of anilines is 1. The maximum Gasteiger partial charge on any atom is 0.244 e. The summed E-state index contributed by atoms with van der Waals surface area (Å²) in [5.41, 5.74) is 3.00. The van der Waals surface area contributed by atoms with Gasteiger partial charge in [-0.2, -0.15) is 0 Å². The van der Waals surface area contributed by atoms with E-state index in [9.17, 15) is 13.2 Å². The second-order valence-corrected chi connectivity index (χ2v) is 10.8. The first-order chi connectivity index (χ1) is 14.4. The molecule has 0 unspecified atom stereocenters. The van der Waals surface area contributed by atoms with Gasteiger partial charge < -0.3 is 10.1 Å². The quantitative estimate of drug-likeness (QED) is 0.722. The molecule has 2 aromatic rings. The van der Waals surface area contributed by atoms with Gasteiger partial charge in [0.15, 0.2) is 0 Å². The molecule has 0 aliphatic carbocycles. The Balaban J connectivity index is 1.95. The summed E-state index contributed by atoms with van der Waals surface area (Å²) in [4.78, 5) is 13.4. The third-order valence-electron chi connectivity index (χ3n) is 5.77. The molecule has 0 aromatic heterocycles. The summed E-state index contributed by atoms with van der Waals surface area (Å²) in [5, 5.41) is 3.10. The molecule has 0 fully saturated rings. The smallest absolute Gasteiger partial charge is 0.244 e. The van der Waals surface area contributed by atoms with Crippen LogP contribution in [0.5, 0.6) is 5.75 Å². The summed E-state index contributed by atoms with van der Waals surface area (Å²) in [6, 6.07) is 12.0. The van der Waals surface area contributed by atoms with E-state index in [2.05, 4.69) is 5.32 Å². The zero-order valence-electron chi connectivity index (χ0n) is 19.1. The number of benzene rings is 2. The lowest BCUT2D eigenvalue weighted by Gasteiger charge is -2.39. The van der Waals surface area contributed by atoms with Crippen LogP contribution in [0.1, 0.15) is 56.3 Å². The van der Waals surface area contributed by atoms with Gasteiger partial charge >= 0.3 is 0 Å². The van der Waals surface area contributed by atoms with E-state index in [1.54, 1.807) is 6.07 Å². The monoisotopic (exact) mass is 444 g/mol. The van der Waals surface area contributed by atoms with Gasteiger partial charge in [-0.05, 0) is 63.4 Å². The van der Waals surface area contributed by atoms with Crippen LogP contribution >= 0.6 is 0 Å². The van der Waals surface area contributed by atoms with Crippen molar-refractivity contribution >= 4 is 21.6 Å². The fraction of sp³-hybridized carbons (Fsp3) is 0.458. The van der Waals surface area contributed by atoms with Crippen LogP contribution in [0.15, 0.2) is 42.5 Å². The molecule has 168 valence electrons. The van der Waals surface area contributed by atoms with Crippen molar-refractivity contribution in [2.45, 2.75) is 65.1 Å². The molecule has 1 amide bonds. The zero-order valence-corrected chi connectivity index (χ0v) is 19.9. The number of carbonyl (C=O) groups excluding carboxylic acids is 1. The number of fused-ring (bicyclic) bond motifs is 1. The van der Waals surface area contributed by atoms with Crippen molar-refractivity contribution in [1.82, 2.24) is 5.32 Å². The molecule has 2 aromatic carbocycles. The number of nitrogens with one attached hydrogen (secondary N) is 1. The molecule has 1 N–H and O–H groups in total. The number of ether oxygens (including phenoxy) is 1. The van der Waals surface area contributed by atoms with E-state index in [-0.39, 0.29) is 11.9 Å². The van der Waals surface area contributed by atoms with Gasteiger partial charge in [-0.15, -0.1) is 0 Å². The number of amides is 1. The summed E-state index contributed by atoms with van der Waals surface area (Å²) in [6.07, 6.45) is 2.08. The van der Waals surface area contributed by atoms with Crippen molar-refractivity contribution in [1.29, 1.82) is 0 Å². The third kappa shape index (κ3) is 5.03. The summed E-state index contributed by atoms with van der Waals surface area (Å²) >= 11 is 0. The number of carbonyl (C=O) groups is 1. The predicted octanol–water partition coefficient (Wildman–Crippen LogP) is 4.27. The Morgan fingerprint density at radius 3 is 2.48 bits per heavy atom. The van der Waals surface area contributed by atoms with Crippen LogP contribution in [-0.2, 0) is 14.8 Å². The molecular formula is C24H32N2O4S. The van der Waals surface area contributed by atoms with Crippen LogP contribution in [0.4, 0.5) is 5.69 Å². The highest BCUT2D eigenvalue weighted by molar-refractivity contribution is 7.92. The zero-order chi connectivity index (χ0) is 23.0. The molecule has 1 aliphatic heterocycles. The highest BCUT2D eigenvalue weighted by atomic mass is 32.2. The number of rotatable bonds is 6. The molecule has 1 heterocycles. The standard InChI is InChI=1S/C24H32N2O4S/c1-7-21(26(31(6,28)29)18-13-12-16(2)17(3)14-18)23(27)25-20-15-24(4,5)30-22-11-9-8-10-19(20)22/h8-14,20-21H,7,15H2,1-6H3,(H,25,27)/t20-,21-/m1/s1. The van der Waals surface area contributed by atoms with Gasteiger partial charge in [-0.1, -0.05) is 31.2 Å². The molecule has 31 heavy (non-hydrogen) atoms. The molecule has 0 spiro atoms. The third-order valence-corrected chi connectivity index (χ3v) is 6.95. The van der Waals surface area contributed by atoms with Gasteiger partial charge in [0.1, 0.15) is 17.4 Å². The van der Waals surface area contributed by atoms with Crippen LogP contribution in [0.2, 0.25) is 0 Å². The normalized spacial score (nSPS) is 18.5. The van der Waals surface area contributed by atoms with Crippen molar-refractivity contribution in [3.63, 3.8) is 0 Å². The first kappa shape index (κ1) is 23.1. The van der Waals surface area contributed by atoms with E-state index < -0.39 is 21.7 Å². The number of hydrogen-bond donors (Lipinski definition) is 1.